The second kappa shape index (κ2) is 5.70. The number of aromatic nitrogens is 1. The lowest BCUT2D eigenvalue weighted by molar-refractivity contribution is 0.0605. The first-order chi connectivity index (χ1) is 9.51. The van der Waals surface area contributed by atoms with Gasteiger partial charge in [0.25, 0.3) is 0 Å². The quantitative estimate of drug-likeness (QED) is 0.841. The van der Waals surface area contributed by atoms with Crippen molar-refractivity contribution >= 4 is 34.0 Å². The first kappa shape index (κ1) is 14.0. The number of primary amides is 1. The number of hydrogen-bond acceptors (Lipinski definition) is 6. The Morgan fingerprint density at radius 3 is 2.50 bits per heavy atom. The van der Waals surface area contributed by atoms with E-state index in [-0.39, 0.29) is 0 Å². The van der Waals surface area contributed by atoms with Crippen molar-refractivity contribution in [2.24, 2.45) is 5.73 Å². The van der Waals surface area contributed by atoms with Gasteiger partial charge in [-0.05, 0) is 31.2 Å². The number of aryl methyl sites for hydroxylation is 1. The normalized spacial score (nSPS) is 10.1. The van der Waals surface area contributed by atoms with Gasteiger partial charge in [-0.25, -0.2) is 9.78 Å². The van der Waals surface area contributed by atoms with Crippen LogP contribution in [0, 0.1) is 6.92 Å². The minimum absolute atomic E-state index is 0.405. The molecule has 20 heavy (non-hydrogen) atoms. The van der Waals surface area contributed by atoms with Crippen LogP contribution in [0.2, 0.25) is 0 Å². The number of amides is 1. The highest BCUT2D eigenvalue weighted by molar-refractivity contribution is 7.17. The number of rotatable bonds is 4. The Balaban J connectivity index is 2.18. The molecule has 1 heterocycles. The second-order valence-corrected chi connectivity index (χ2v) is 4.99. The van der Waals surface area contributed by atoms with Crippen molar-refractivity contribution in [3.8, 4) is 0 Å². The number of carbonyl (C=O) groups excluding carboxylic acids is 2. The van der Waals surface area contributed by atoms with Gasteiger partial charge in [-0.1, -0.05) is 11.3 Å². The van der Waals surface area contributed by atoms with Gasteiger partial charge in [0.2, 0.25) is 5.91 Å². The topological polar surface area (TPSA) is 94.3 Å². The Morgan fingerprint density at radius 2 is 1.95 bits per heavy atom. The van der Waals surface area contributed by atoms with Gasteiger partial charge in [0.1, 0.15) is 4.88 Å². The van der Waals surface area contributed by atoms with Crippen LogP contribution in [0.1, 0.15) is 25.7 Å². The van der Waals surface area contributed by atoms with E-state index in [1.165, 1.54) is 18.4 Å². The van der Waals surface area contributed by atoms with Gasteiger partial charge >= 0.3 is 5.97 Å². The van der Waals surface area contributed by atoms with Crippen molar-refractivity contribution in [3.63, 3.8) is 0 Å². The minimum Gasteiger partial charge on any atom is -0.465 e. The van der Waals surface area contributed by atoms with Crippen LogP contribution in [-0.2, 0) is 4.74 Å². The second-order valence-electron chi connectivity index (χ2n) is 3.99. The molecule has 0 saturated carbocycles. The number of hydrogen-bond donors (Lipinski definition) is 2. The summed E-state index contributed by atoms with van der Waals surface area (Å²) in [6, 6.07) is 6.67. The zero-order valence-electron chi connectivity index (χ0n) is 11.0. The number of esters is 1. The molecule has 0 saturated heterocycles. The number of carbonyl (C=O) groups is 2. The number of thiazole rings is 1. The Bertz CT molecular complexity index is 649. The SMILES string of the molecule is COC(=O)c1sc(Nc2ccc(C(N)=O)cc2)nc1C. The average molecular weight is 291 g/mol. The van der Waals surface area contributed by atoms with Crippen LogP contribution in [0.5, 0.6) is 0 Å². The van der Waals surface area contributed by atoms with E-state index in [0.29, 0.717) is 21.3 Å². The third kappa shape index (κ3) is 2.94. The van der Waals surface area contributed by atoms with Crippen molar-refractivity contribution in [3.05, 3.63) is 40.4 Å². The van der Waals surface area contributed by atoms with Crippen LogP contribution in [0.3, 0.4) is 0 Å². The van der Waals surface area contributed by atoms with E-state index in [9.17, 15) is 9.59 Å². The molecule has 1 aromatic heterocycles. The summed E-state index contributed by atoms with van der Waals surface area (Å²) in [5.41, 5.74) is 6.96. The molecule has 2 aromatic rings. The van der Waals surface area contributed by atoms with E-state index < -0.39 is 11.9 Å². The number of anilines is 2. The number of methoxy groups -OCH3 is 1. The van der Waals surface area contributed by atoms with Crippen LogP contribution in [0.25, 0.3) is 0 Å². The van der Waals surface area contributed by atoms with Crippen molar-refractivity contribution in [2.75, 3.05) is 12.4 Å². The molecule has 0 bridgehead atoms. The highest BCUT2D eigenvalue weighted by Crippen LogP contribution is 2.26. The maximum absolute atomic E-state index is 11.5. The standard InChI is InChI=1S/C13H13N3O3S/c1-7-10(12(18)19-2)20-13(15-7)16-9-5-3-8(4-6-9)11(14)17/h3-6H,1-2H3,(H2,14,17)(H,15,16). The predicted molar refractivity (Wildman–Crippen MR) is 76.4 cm³/mol. The highest BCUT2D eigenvalue weighted by Gasteiger charge is 2.15. The van der Waals surface area contributed by atoms with Gasteiger partial charge in [0, 0.05) is 11.3 Å². The van der Waals surface area contributed by atoms with Gasteiger partial charge in [0.15, 0.2) is 5.13 Å². The molecule has 0 spiro atoms. The van der Waals surface area contributed by atoms with Crippen LogP contribution in [-0.4, -0.2) is 24.0 Å². The highest BCUT2D eigenvalue weighted by atomic mass is 32.1. The molecule has 0 aliphatic rings. The Labute approximate surface area is 119 Å². The lowest BCUT2D eigenvalue weighted by Gasteiger charge is -2.02. The first-order valence-corrected chi connectivity index (χ1v) is 6.55. The molecule has 6 nitrogen and oxygen atoms in total. The van der Waals surface area contributed by atoms with Gasteiger partial charge < -0.3 is 15.8 Å². The molecular formula is C13H13N3O3S. The molecule has 1 aromatic carbocycles. The molecule has 0 aliphatic heterocycles. The predicted octanol–water partition coefficient (Wildman–Crippen LogP) is 2.08. The van der Waals surface area contributed by atoms with Crippen molar-refractivity contribution in [1.29, 1.82) is 0 Å². The van der Waals surface area contributed by atoms with E-state index in [1.54, 1.807) is 31.2 Å². The van der Waals surface area contributed by atoms with Crippen LogP contribution < -0.4 is 11.1 Å². The van der Waals surface area contributed by atoms with Gasteiger partial charge in [-0.3, -0.25) is 4.79 Å². The maximum Gasteiger partial charge on any atom is 0.350 e. The molecule has 7 heteroatoms. The number of nitrogens with two attached hydrogens (primary N) is 1. The molecule has 3 N–H and O–H groups in total. The Kier molecular flexibility index (Phi) is 3.99. The van der Waals surface area contributed by atoms with Gasteiger partial charge in [0.05, 0.1) is 12.8 Å². The number of nitrogens with one attached hydrogen (secondary N) is 1. The summed E-state index contributed by atoms with van der Waals surface area (Å²) in [5.74, 6) is -0.883. The summed E-state index contributed by atoms with van der Waals surface area (Å²) in [6.45, 7) is 1.74. The number of ether oxygens (including phenoxy) is 1. The summed E-state index contributed by atoms with van der Waals surface area (Å²) >= 11 is 1.21. The number of benzene rings is 1. The number of nitrogens with zero attached hydrogens (tertiary/aromatic N) is 1. The fourth-order valence-electron chi connectivity index (χ4n) is 1.57. The van der Waals surface area contributed by atoms with E-state index in [2.05, 4.69) is 15.0 Å². The van der Waals surface area contributed by atoms with E-state index in [4.69, 9.17) is 5.73 Å². The van der Waals surface area contributed by atoms with Crippen LogP contribution in [0.4, 0.5) is 10.8 Å². The molecule has 1 amide bonds. The molecule has 0 unspecified atom stereocenters. The average Bonchev–Trinajstić information content (AvgIpc) is 2.79. The first-order valence-electron chi connectivity index (χ1n) is 5.74. The van der Waals surface area contributed by atoms with E-state index in [0.717, 1.165) is 5.69 Å². The van der Waals surface area contributed by atoms with Crippen molar-refractivity contribution in [1.82, 2.24) is 4.98 Å². The molecule has 0 radical (unpaired) electrons. The summed E-state index contributed by atoms with van der Waals surface area (Å²) in [5, 5.41) is 3.64. The van der Waals surface area contributed by atoms with E-state index >= 15 is 0 Å². The van der Waals surface area contributed by atoms with Crippen molar-refractivity contribution in [2.45, 2.75) is 6.92 Å². The summed E-state index contributed by atoms with van der Waals surface area (Å²) in [6.07, 6.45) is 0. The molecule has 0 aliphatic carbocycles. The maximum atomic E-state index is 11.5. The summed E-state index contributed by atoms with van der Waals surface area (Å²) < 4.78 is 4.68. The third-order valence-electron chi connectivity index (χ3n) is 2.59. The molecule has 0 fully saturated rings. The van der Waals surface area contributed by atoms with Gasteiger partial charge in [-0.2, -0.15) is 0 Å². The van der Waals surface area contributed by atoms with Crippen LogP contribution in [0.15, 0.2) is 24.3 Å². The van der Waals surface area contributed by atoms with E-state index in [1.807, 2.05) is 0 Å². The zero-order chi connectivity index (χ0) is 14.7. The Hall–Kier alpha value is -2.41. The molecule has 0 atom stereocenters. The molecule has 104 valence electrons. The molecule has 2 rings (SSSR count). The van der Waals surface area contributed by atoms with Gasteiger partial charge in [-0.15, -0.1) is 0 Å². The third-order valence-corrected chi connectivity index (χ3v) is 3.64. The zero-order valence-corrected chi connectivity index (χ0v) is 11.8. The lowest BCUT2D eigenvalue weighted by atomic mass is 10.2. The monoisotopic (exact) mass is 291 g/mol. The summed E-state index contributed by atoms with van der Waals surface area (Å²) in [7, 11) is 1.33. The lowest BCUT2D eigenvalue weighted by Crippen LogP contribution is -2.10. The fraction of sp³-hybridized carbons (Fsp3) is 0.154. The smallest absolute Gasteiger partial charge is 0.350 e. The van der Waals surface area contributed by atoms with Crippen molar-refractivity contribution < 1.29 is 14.3 Å². The molecular weight excluding hydrogens is 278 g/mol. The summed E-state index contributed by atoms with van der Waals surface area (Å²) in [4.78, 5) is 27.2. The largest absolute Gasteiger partial charge is 0.465 e. The fourth-order valence-corrected chi connectivity index (χ4v) is 2.48. The Morgan fingerprint density at radius 1 is 1.30 bits per heavy atom. The van der Waals surface area contributed by atoms with Crippen LogP contribution >= 0.6 is 11.3 Å². The minimum atomic E-state index is -0.477.